The van der Waals surface area contributed by atoms with Crippen molar-refractivity contribution in [2.75, 3.05) is 28.3 Å². The monoisotopic (exact) mass is 403 g/mol. The molecular weight excluding hydrogens is 366 g/mol. The summed E-state index contributed by atoms with van der Waals surface area (Å²) < 4.78 is 35.4. The summed E-state index contributed by atoms with van der Waals surface area (Å²) in [5.74, 6) is -0.126. The van der Waals surface area contributed by atoms with Crippen molar-refractivity contribution in [1.82, 2.24) is 4.90 Å². The van der Waals surface area contributed by atoms with Gasteiger partial charge in [0.15, 0.2) is 12.4 Å². The third kappa shape index (κ3) is 4.86. The number of carbonyl (C=O) groups is 1. The highest BCUT2D eigenvalue weighted by Gasteiger charge is 2.51. The minimum atomic E-state index is -0.713. The van der Waals surface area contributed by atoms with E-state index >= 15 is 0 Å². The molecular formula is C20H37NO7. The Morgan fingerprint density at radius 2 is 1.39 bits per heavy atom. The van der Waals surface area contributed by atoms with Crippen molar-refractivity contribution in [1.29, 1.82) is 0 Å². The highest BCUT2D eigenvalue weighted by atomic mass is 16.7. The molecule has 2 rings (SSSR count). The second-order valence-electron chi connectivity index (χ2n) is 8.14. The van der Waals surface area contributed by atoms with Gasteiger partial charge in [-0.3, -0.25) is 4.79 Å². The van der Waals surface area contributed by atoms with Crippen molar-refractivity contribution < 1.29 is 33.2 Å². The van der Waals surface area contributed by atoms with E-state index in [1.165, 1.54) is 6.92 Å². The van der Waals surface area contributed by atoms with Crippen LogP contribution in [0.4, 0.5) is 0 Å². The van der Waals surface area contributed by atoms with Gasteiger partial charge < -0.3 is 33.3 Å². The summed E-state index contributed by atoms with van der Waals surface area (Å²) in [5.41, 5.74) is 0. The number of rotatable bonds is 6. The van der Waals surface area contributed by atoms with Crippen LogP contribution in [0.3, 0.4) is 0 Å². The second kappa shape index (κ2) is 9.82. The number of hydrogen-bond donors (Lipinski definition) is 0. The molecule has 0 aromatic heterocycles. The Morgan fingerprint density at radius 1 is 0.821 bits per heavy atom. The maximum Gasteiger partial charge on any atom is 0.303 e. The Kier molecular flexibility index (Phi) is 8.25. The van der Waals surface area contributed by atoms with Gasteiger partial charge in [-0.15, -0.1) is 0 Å². The van der Waals surface area contributed by atoms with Crippen LogP contribution in [-0.2, 0) is 33.2 Å². The minimum absolute atomic E-state index is 0.123. The standard InChI is InChI=1S/C20H37NO7/c1-10-11(2)25-12(3)16(15(10)21(6)7)28-20-19(24-9)18(27-14(5)22)17(23-8)13(4)26-20/h10-13,15-20H,1-9H3/t10-,11?,12+,13+,15+,16+,17+,18-,19+,20-/m0/s1. The number of esters is 1. The van der Waals surface area contributed by atoms with Gasteiger partial charge in [-0.25, -0.2) is 0 Å². The van der Waals surface area contributed by atoms with Crippen LogP contribution in [0, 0.1) is 5.92 Å². The van der Waals surface area contributed by atoms with Gasteiger partial charge in [-0.05, 0) is 34.9 Å². The Bertz CT molecular complexity index is 517. The third-order valence-corrected chi connectivity index (χ3v) is 5.97. The molecule has 2 saturated heterocycles. The molecule has 28 heavy (non-hydrogen) atoms. The van der Waals surface area contributed by atoms with Gasteiger partial charge in [0.25, 0.3) is 0 Å². The topological polar surface area (TPSA) is 75.7 Å². The van der Waals surface area contributed by atoms with Crippen LogP contribution in [-0.4, -0.2) is 94.2 Å². The maximum absolute atomic E-state index is 11.7. The number of likely N-dealkylation sites (N-methyl/N-ethyl adjacent to an activating group) is 1. The SMILES string of the molecule is CO[C@H]1[C@H](O[C@H]2[C@H](N(C)C)[C@@H](C)C(C)O[C@@H]2C)O[C@H](C)[C@@H](OC)[C@@H]1OC(C)=O. The molecule has 8 nitrogen and oxygen atoms in total. The highest BCUT2D eigenvalue weighted by Crippen LogP contribution is 2.34. The molecule has 0 N–H and O–H groups in total. The molecule has 2 heterocycles. The Morgan fingerprint density at radius 3 is 1.89 bits per heavy atom. The molecule has 164 valence electrons. The lowest BCUT2D eigenvalue weighted by atomic mass is 9.86. The van der Waals surface area contributed by atoms with Gasteiger partial charge in [-0.1, -0.05) is 6.92 Å². The smallest absolute Gasteiger partial charge is 0.303 e. The lowest BCUT2D eigenvalue weighted by Gasteiger charge is -2.50. The van der Waals surface area contributed by atoms with Crippen LogP contribution in [0.25, 0.3) is 0 Å². The minimum Gasteiger partial charge on any atom is -0.457 e. The molecule has 1 unspecified atom stereocenters. The van der Waals surface area contributed by atoms with E-state index in [4.69, 9.17) is 28.4 Å². The van der Waals surface area contributed by atoms with Crippen molar-refractivity contribution in [3.05, 3.63) is 0 Å². The first-order valence-electron chi connectivity index (χ1n) is 9.97. The summed E-state index contributed by atoms with van der Waals surface area (Å²) in [7, 11) is 7.21. The summed E-state index contributed by atoms with van der Waals surface area (Å²) in [6, 6.07) is 0.141. The molecule has 10 atom stereocenters. The molecule has 0 radical (unpaired) electrons. The molecule has 2 aliphatic rings. The van der Waals surface area contributed by atoms with Gasteiger partial charge in [-0.2, -0.15) is 0 Å². The molecule has 2 fully saturated rings. The number of methoxy groups -OCH3 is 2. The van der Waals surface area contributed by atoms with Crippen LogP contribution >= 0.6 is 0 Å². The molecule has 0 amide bonds. The van der Waals surface area contributed by atoms with E-state index in [0.717, 1.165) is 0 Å². The lowest BCUT2D eigenvalue weighted by molar-refractivity contribution is -0.331. The van der Waals surface area contributed by atoms with Crippen molar-refractivity contribution in [2.45, 2.75) is 89.7 Å². The summed E-state index contributed by atoms with van der Waals surface area (Å²) >= 11 is 0. The first-order valence-corrected chi connectivity index (χ1v) is 9.97. The molecule has 0 aromatic rings. The van der Waals surface area contributed by atoms with Crippen molar-refractivity contribution in [2.24, 2.45) is 5.92 Å². The summed E-state index contributed by atoms with van der Waals surface area (Å²) in [5, 5.41) is 0. The zero-order valence-electron chi connectivity index (χ0n) is 18.6. The van der Waals surface area contributed by atoms with Gasteiger partial charge >= 0.3 is 5.97 Å². The Hall–Kier alpha value is -0.770. The molecule has 0 bridgehead atoms. The summed E-state index contributed by atoms with van der Waals surface area (Å²) in [6.07, 6.45) is -2.97. The summed E-state index contributed by atoms with van der Waals surface area (Å²) in [4.78, 5) is 13.8. The number of nitrogens with zero attached hydrogens (tertiary/aromatic N) is 1. The lowest BCUT2D eigenvalue weighted by Crippen LogP contribution is -2.64. The van der Waals surface area contributed by atoms with E-state index < -0.39 is 30.6 Å². The summed E-state index contributed by atoms with van der Waals surface area (Å²) in [6.45, 7) is 9.52. The fraction of sp³-hybridized carbons (Fsp3) is 0.950. The van der Waals surface area contributed by atoms with E-state index in [-0.39, 0.29) is 36.4 Å². The molecule has 2 aliphatic heterocycles. The molecule has 0 spiro atoms. The third-order valence-electron chi connectivity index (χ3n) is 5.97. The quantitative estimate of drug-likeness (QED) is 0.617. The highest BCUT2D eigenvalue weighted by molar-refractivity contribution is 5.66. The van der Waals surface area contributed by atoms with Gasteiger partial charge in [0.1, 0.15) is 18.3 Å². The average Bonchev–Trinajstić information content (AvgIpc) is 2.59. The molecule has 0 aromatic carbocycles. The van der Waals surface area contributed by atoms with Crippen LogP contribution in [0.1, 0.15) is 34.6 Å². The second-order valence-corrected chi connectivity index (χ2v) is 8.14. The predicted octanol–water partition coefficient (Wildman–Crippen LogP) is 1.45. The average molecular weight is 404 g/mol. The molecule has 8 heteroatoms. The zero-order valence-corrected chi connectivity index (χ0v) is 18.6. The maximum atomic E-state index is 11.7. The number of hydrogen-bond acceptors (Lipinski definition) is 8. The van der Waals surface area contributed by atoms with Crippen molar-refractivity contribution >= 4 is 5.97 Å². The van der Waals surface area contributed by atoms with Gasteiger partial charge in [0.2, 0.25) is 0 Å². The molecule has 0 saturated carbocycles. The Labute approximate surface area is 168 Å². The largest absolute Gasteiger partial charge is 0.457 e. The van der Waals surface area contributed by atoms with E-state index in [2.05, 4.69) is 18.7 Å². The van der Waals surface area contributed by atoms with E-state index in [0.29, 0.717) is 0 Å². The fourth-order valence-electron chi connectivity index (χ4n) is 4.49. The van der Waals surface area contributed by atoms with Crippen molar-refractivity contribution in [3.8, 4) is 0 Å². The van der Waals surface area contributed by atoms with E-state index in [1.807, 2.05) is 27.9 Å². The normalized spacial score (nSPS) is 44.5. The van der Waals surface area contributed by atoms with Crippen LogP contribution in [0.2, 0.25) is 0 Å². The van der Waals surface area contributed by atoms with Crippen LogP contribution in [0.5, 0.6) is 0 Å². The van der Waals surface area contributed by atoms with Crippen molar-refractivity contribution in [3.63, 3.8) is 0 Å². The van der Waals surface area contributed by atoms with Gasteiger partial charge in [0, 0.05) is 33.1 Å². The first-order chi connectivity index (χ1) is 13.1. The fourth-order valence-corrected chi connectivity index (χ4v) is 4.49. The van der Waals surface area contributed by atoms with E-state index in [9.17, 15) is 4.79 Å². The van der Waals surface area contributed by atoms with Crippen LogP contribution < -0.4 is 0 Å². The first kappa shape index (κ1) is 23.5. The molecule has 0 aliphatic carbocycles. The van der Waals surface area contributed by atoms with E-state index in [1.54, 1.807) is 14.2 Å². The zero-order chi connectivity index (χ0) is 21.2. The van der Waals surface area contributed by atoms with Crippen LogP contribution in [0.15, 0.2) is 0 Å². The van der Waals surface area contributed by atoms with Gasteiger partial charge in [0.05, 0.1) is 18.3 Å². The Balaban J connectivity index is 2.27. The number of carbonyl (C=O) groups excluding carboxylic acids is 1. The number of ether oxygens (including phenoxy) is 6. The predicted molar refractivity (Wildman–Crippen MR) is 103 cm³/mol.